The highest BCUT2D eigenvalue weighted by molar-refractivity contribution is 7.80. The molecule has 0 heterocycles. The van der Waals surface area contributed by atoms with Crippen LogP contribution in [0.2, 0.25) is 0 Å². The van der Waals surface area contributed by atoms with Gasteiger partial charge in [-0.3, -0.25) is 0 Å². The lowest BCUT2D eigenvalue weighted by Gasteiger charge is -2.25. The molecule has 0 aliphatic heterocycles. The summed E-state index contributed by atoms with van der Waals surface area (Å²) in [6.07, 6.45) is 1.20. The van der Waals surface area contributed by atoms with E-state index in [1.165, 1.54) is 6.42 Å². The molecular weight excluding hydrogens is 168 g/mol. The lowest BCUT2D eigenvalue weighted by Crippen LogP contribution is -2.36. The van der Waals surface area contributed by atoms with Crippen LogP contribution >= 0.6 is 12.2 Å². The second-order valence-corrected chi connectivity index (χ2v) is 4.15. The fraction of sp³-hybridized carbons (Fsp3) is 0.889. The molecule has 0 saturated carbocycles. The van der Waals surface area contributed by atoms with E-state index in [2.05, 4.69) is 18.7 Å². The van der Waals surface area contributed by atoms with Gasteiger partial charge in [-0.2, -0.15) is 0 Å². The molecule has 0 N–H and O–H groups in total. The number of thiocarbonyl (C=S) groups is 1. The van der Waals surface area contributed by atoms with Gasteiger partial charge in [-0.25, -0.2) is 0 Å². The summed E-state index contributed by atoms with van der Waals surface area (Å²) >= 11 is 5.20. The molecular formula is C9H20N2S. The Morgan fingerprint density at radius 2 is 1.75 bits per heavy atom. The first kappa shape index (κ1) is 11.7. The molecule has 12 heavy (non-hydrogen) atoms. The van der Waals surface area contributed by atoms with E-state index < -0.39 is 0 Å². The van der Waals surface area contributed by atoms with Crippen molar-refractivity contribution in [3.05, 3.63) is 0 Å². The van der Waals surface area contributed by atoms with Gasteiger partial charge in [0.1, 0.15) is 0 Å². The highest BCUT2D eigenvalue weighted by Crippen LogP contribution is 2.01. The number of hydrogen-bond donors (Lipinski definition) is 0. The number of hydrogen-bond acceptors (Lipinski definition) is 1. The molecule has 0 rings (SSSR count). The van der Waals surface area contributed by atoms with Crippen LogP contribution in [0, 0.1) is 5.92 Å². The fourth-order valence-electron chi connectivity index (χ4n) is 0.889. The topological polar surface area (TPSA) is 6.48 Å². The zero-order chi connectivity index (χ0) is 9.72. The lowest BCUT2D eigenvalue weighted by atomic mass is 10.1. The van der Waals surface area contributed by atoms with Gasteiger partial charge in [-0.05, 0) is 24.6 Å². The molecule has 0 unspecified atom stereocenters. The van der Waals surface area contributed by atoms with Crippen molar-refractivity contribution < 1.29 is 0 Å². The van der Waals surface area contributed by atoms with Gasteiger partial charge in [-0.15, -0.1) is 0 Å². The van der Waals surface area contributed by atoms with Gasteiger partial charge in [0.15, 0.2) is 5.11 Å². The first-order chi connectivity index (χ1) is 5.45. The van der Waals surface area contributed by atoms with Crippen molar-refractivity contribution in [1.29, 1.82) is 0 Å². The highest BCUT2D eigenvalue weighted by Gasteiger charge is 2.05. The monoisotopic (exact) mass is 188 g/mol. The third-order valence-corrected chi connectivity index (χ3v) is 2.43. The van der Waals surface area contributed by atoms with E-state index in [4.69, 9.17) is 12.2 Å². The summed E-state index contributed by atoms with van der Waals surface area (Å²) in [5.74, 6) is 0.748. The van der Waals surface area contributed by atoms with Crippen LogP contribution in [-0.4, -0.2) is 42.6 Å². The van der Waals surface area contributed by atoms with Gasteiger partial charge in [0.25, 0.3) is 0 Å². The zero-order valence-corrected chi connectivity index (χ0v) is 9.61. The first-order valence-corrected chi connectivity index (χ1v) is 4.78. The van der Waals surface area contributed by atoms with Gasteiger partial charge in [0.2, 0.25) is 0 Å². The minimum atomic E-state index is 0.748. The summed E-state index contributed by atoms with van der Waals surface area (Å²) in [6, 6.07) is 0. The predicted molar refractivity (Wildman–Crippen MR) is 58.4 cm³/mol. The maximum atomic E-state index is 5.20. The third-order valence-electron chi connectivity index (χ3n) is 1.75. The second kappa shape index (κ2) is 5.36. The minimum Gasteiger partial charge on any atom is -0.355 e. The molecule has 0 saturated heterocycles. The van der Waals surface area contributed by atoms with Crippen LogP contribution in [0.25, 0.3) is 0 Å². The SMILES string of the molecule is CC(C)CCN(C)C(=S)N(C)C. The average molecular weight is 188 g/mol. The van der Waals surface area contributed by atoms with Crippen LogP contribution < -0.4 is 0 Å². The van der Waals surface area contributed by atoms with E-state index >= 15 is 0 Å². The summed E-state index contributed by atoms with van der Waals surface area (Å²) in [4.78, 5) is 4.09. The molecule has 0 aromatic carbocycles. The molecule has 72 valence electrons. The maximum Gasteiger partial charge on any atom is 0.170 e. The standard InChI is InChI=1S/C9H20N2S/c1-8(2)6-7-11(5)9(12)10(3)4/h8H,6-7H2,1-5H3. The Labute approximate surface area is 81.5 Å². The number of rotatable bonds is 3. The Morgan fingerprint density at radius 3 is 2.08 bits per heavy atom. The largest absolute Gasteiger partial charge is 0.355 e. The summed E-state index contributed by atoms with van der Waals surface area (Å²) < 4.78 is 0. The fourth-order valence-corrected chi connectivity index (χ4v) is 0.980. The van der Waals surface area contributed by atoms with Crippen molar-refractivity contribution >= 4 is 17.3 Å². The van der Waals surface area contributed by atoms with Crippen LogP contribution in [0.3, 0.4) is 0 Å². The van der Waals surface area contributed by atoms with Crippen molar-refractivity contribution in [3.63, 3.8) is 0 Å². The molecule has 0 fully saturated rings. The van der Waals surface area contributed by atoms with E-state index in [0.29, 0.717) is 0 Å². The predicted octanol–water partition coefficient (Wildman–Crippen LogP) is 1.81. The van der Waals surface area contributed by atoms with Crippen LogP contribution in [0.15, 0.2) is 0 Å². The molecule has 0 spiro atoms. The smallest absolute Gasteiger partial charge is 0.170 e. The second-order valence-electron chi connectivity index (χ2n) is 3.78. The lowest BCUT2D eigenvalue weighted by molar-refractivity contribution is 0.400. The van der Waals surface area contributed by atoms with E-state index in [1.807, 2.05) is 26.0 Å². The van der Waals surface area contributed by atoms with Crippen molar-refractivity contribution in [2.75, 3.05) is 27.7 Å². The third kappa shape index (κ3) is 4.54. The Bertz CT molecular complexity index is 143. The Morgan fingerprint density at radius 1 is 1.25 bits per heavy atom. The Hall–Kier alpha value is -0.310. The van der Waals surface area contributed by atoms with Gasteiger partial charge in [0, 0.05) is 27.7 Å². The molecule has 0 bridgehead atoms. The first-order valence-electron chi connectivity index (χ1n) is 4.37. The van der Waals surface area contributed by atoms with Crippen LogP contribution in [0.4, 0.5) is 0 Å². The molecule has 0 radical (unpaired) electrons. The molecule has 2 nitrogen and oxygen atoms in total. The van der Waals surface area contributed by atoms with Crippen LogP contribution in [0.5, 0.6) is 0 Å². The van der Waals surface area contributed by atoms with Gasteiger partial charge >= 0.3 is 0 Å². The number of nitrogens with zero attached hydrogens (tertiary/aromatic N) is 2. The Kier molecular flexibility index (Phi) is 5.22. The average Bonchev–Trinajstić information content (AvgIpc) is 1.98. The normalized spacial score (nSPS) is 10.2. The minimum absolute atomic E-state index is 0.748. The molecule has 0 aliphatic carbocycles. The van der Waals surface area contributed by atoms with E-state index in [9.17, 15) is 0 Å². The van der Waals surface area contributed by atoms with E-state index in [0.717, 1.165) is 17.6 Å². The summed E-state index contributed by atoms with van der Waals surface area (Å²) in [5, 5.41) is 0.913. The summed E-state index contributed by atoms with van der Waals surface area (Å²) in [7, 11) is 6.01. The molecule has 0 aliphatic rings. The van der Waals surface area contributed by atoms with Crippen molar-refractivity contribution in [2.45, 2.75) is 20.3 Å². The van der Waals surface area contributed by atoms with Crippen LogP contribution in [-0.2, 0) is 0 Å². The molecule has 0 atom stereocenters. The van der Waals surface area contributed by atoms with E-state index in [1.54, 1.807) is 0 Å². The van der Waals surface area contributed by atoms with Crippen molar-refractivity contribution in [3.8, 4) is 0 Å². The van der Waals surface area contributed by atoms with Crippen molar-refractivity contribution in [2.24, 2.45) is 5.92 Å². The zero-order valence-electron chi connectivity index (χ0n) is 8.79. The molecule has 3 heteroatoms. The molecule has 0 amide bonds. The summed E-state index contributed by atoms with van der Waals surface area (Å²) in [6.45, 7) is 5.51. The van der Waals surface area contributed by atoms with Crippen molar-refractivity contribution in [1.82, 2.24) is 9.80 Å². The Balaban J connectivity index is 3.72. The van der Waals surface area contributed by atoms with Crippen LogP contribution in [0.1, 0.15) is 20.3 Å². The maximum absolute atomic E-state index is 5.20. The van der Waals surface area contributed by atoms with Gasteiger partial charge in [0.05, 0.1) is 0 Å². The van der Waals surface area contributed by atoms with Gasteiger partial charge < -0.3 is 9.80 Å². The highest BCUT2D eigenvalue weighted by atomic mass is 32.1. The van der Waals surface area contributed by atoms with E-state index in [-0.39, 0.29) is 0 Å². The van der Waals surface area contributed by atoms with Gasteiger partial charge in [-0.1, -0.05) is 13.8 Å². The quantitative estimate of drug-likeness (QED) is 0.624. The molecule has 0 aromatic rings. The molecule has 0 aromatic heterocycles. The summed E-state index contributed by atoms with van der Waals surface area (Å²) in [5.41, 5.74) is 0.